The van der Waals surface area contributed by atoms with Crippen LogP contribution in [0.5, 0.6) is 0 Å². The van der Waals surface area contributed by atoms with Gasteiger partial charge in [0.15, 0.2) is 17.2 Å². The third-order valence-electron chi connectivity index (χ3n) is 4.47. The van der Waals surface area contributed by atoms with Crippen LogP contribution in [-0.4, -0.2) is 57.6 Å². The molecule has 4 rings (SSSR count). The topological polar surface area (TPSA) is 109 Å². The largest absolute Gasteiger partial charge is 0.332 e. The number of nitrogens with zero attached hydrogens (tertiary/aromatic N) is 5. The molecule has 1 aromatic carbocycles. The van der Waals surface area contributed by atoms with Crippen LogP contribution >= 0.6 is 11.6 Å². The molecule has 1 atom stereocenters. The fraction of sp³-hybridized carbons (Fsp3) is 0.278. The van der Waals surface area contributed by atoms with Crippen LogP contribution in [0.25, 0.3) is 11.6 Å². The van der Waals surface area contributed by atoms with Gasteiger partial charge in [0.05, 0.1) is 6.04 Å². The number of carbonyl (C=O) groups is 1. The van der Waals surface area contributed by atoms with E-state index in [1.54, 1.807) is 24.3 Å². The van der Waals surface area contributed by atoms with Gasteiger partial charge in [0, 0.05) is 42.7 Å². The zero-order valence-electron chi connectivity index (χ0n) is 15.1. The van der Waals surface area contributed by atoms with Crippen LogP contribution in [0.15, 0.2) is 41.2 Å². The second kappa shape index (κ2) is 8.01. The molecule has 1 aliphatic heterocycles. The molecule has 0 bridgehead atoms. The summed E-state index contributed by atoms with van der Waals surface area (Å²) in [6.07, 6.45) is 2.92. The lowest BCUT2D eigenvalue weighted by Crippen LogP contribution is -2.44. The summed E-state index contributed by atoms with van der Waals surface area (Å²) in [5.41, 5.74) is 0.925. The number of likely N-dealkylation sites (N-methyl/N-ethyl adjacent to an activating group) is 1. The number of rotatable bonds is 4. The highest BCUT2D eigenvalue weighted by atomic mass is 35.5. The number of halogens is 1. The van der Waals surface area contributed by atoms with Crippen LogP contribution in [0, 0.1) is 0 Å². The van der Waals surface area contributed by atoms with E-state index in [9.17, 15) is 4.79 Å². The molecule has 9 nitrogen and oxygen atoms in total. The molecule has 0 spiro atoms. The molecule has 144 valence electrons. The molecule has 1 unspecified atom stereocenters. The maximum Gasteiger partial charge on any atom is 0.279 e. The van der Waals surface area contributed by atoms with E-state index in [-0.39, 0.29) is 23.3 Å². The van der Waals surface area contributed by atoms with Gasteiger partial charge in [-0.25, -0.2) is 9.97 Å². The molecule has 10 heteroatoms. The van der Waals surface area contributed by atoms with Crippen LogP contribution in [0.3, 0.4) is 0 Å². The molecule has 1 saturated heterocycles. The van der Waals surface area contributed by atoms with Crippen molar-refractivity contribution < 1.29 is 9.32 Å². The number of nitrogens with one attached hydrogen (secondary N) is 2. The monoisotopic (exact) mass is 399 g/mol. The first kappa shape index (κ1) is 18.5. The molecular weight excluding hydrogens is 382 g/mol. The fourth-order valence-electron chi connectivity index (χ4n) is 2.94. The Hall–Kier alpha value is -2.88. The lowest BCUT2D eigenvalue weighted by molar-refractivity contribution is 0.102. The van der Waals surface area contributed by atoms with Gasteiger partial charge >= 0.3 is 0 Å². The van der Waals surface area contributed by atoms with E-state index in [0.29, 0.717) is 16.5 Å². The number of aromatic nitrogens is 4. The first-order valence-corrected chi connectivity index (χ1v) is 9.12. The van der Waals surface area contributed by atoms with E-state index in [2.05, 4.69) is 35.6 Å². The maximum atomic E-state index is 12.7. The summed E-state index contributed by atoms with van der Waals surface area (Å²) in [6, 6.07) is 6.77. The van der Waals surface area contributed by atoms with Gasteiger partial charge < -0.3 is 15.2 Å². The molecule has 0 saturated carbocycles. The number of hydrogen-bond donors (Lipinski definition) is 2. The van der Waals surface area contributed by atoms with Crippen LogP contribution in [0.2, 0.25) is 5.02 Å². The fourth-order valence-corrected chi connectivity index (χ4v) is 3.07. The SMILES string of the molecule is CN1CCNCC1c1noc(-c2nccnc2C(=O)Nc2ccc(Cl)cc2)n1. The minimum absolute atomic E-state index is 0.00531. The quantitative estimate of drug-likeness (QED) is 0.685. The third kappa shape index (κ3) is 3.86. The van der Waals surface area contributed by atoms with Crippen LogP contribution in [-0.2, 0) is 0 Å². The molecule has 1 aliphatic rings. The van der Waals surface area contributed by atoms with E-state index >= 15 is 0 Å². The average molecular weight is 400 g/mol. The summed E-state index contributed by atoms with van der Waals surface area (Å²) >= 11 is 5.88. The number of carbonyl (C=O) groups excluding carboxylic acids is 1. The molecule has 3 heterocycles. The standard InChI is InChI=1S/C18H18ClN7O2/c1-26-9-8-20-10-13(26)16-24-18(28-25-16)15-14(21-6-7-22-15)17(27)23-12-4-2-11(19)3-5-12/h2-7,13,20H,8-10H2,1H3,(H,23,27). The highest BCUT2D eigenvalue weighted by molar-refractivity contribution is 6.30. The Morgan fingerprint density at radius 1 is 1.29 bits per heavy atom. The highest BCUT2D eigenvalue weighted by Gasteiger charge is 2.27. The Balaban J connectivity index is 1.59. The van der Waals surface area contributed by atoms with Crippen molar-refractivity contribution in [1.82, 2.24) is 30.3 Å². The van der Waals surface area contributed by atoms with E-state index < -0.39 is 5.91 Å². The van der Waals surface area contributed by atoms with Crippen molar-refractivity contribution in [2.24, 2.45) is 0 Å². The molecule has 2 N–H and O–H groups in total. The maximum absolute atomic E-state index is 12.7. The van der Waals surface area contributed by atoms with Crippen molar-refractivity contribution in [2.75, 3.05) is 32.0 Å². The van der Waals surface area contributed by atoms with Gasteiger partial charge in [-0.15, -0.1) is 0 Å². The minimum Gasteiger partial charge on any atom is -0.332 e. The average Bonchev–Trinajstić information content (AvgIpc) is 3.20. The highest BCUT2D eigenvalue weighted by Crippen LogP contribution is 2.23. The summed E-state index contributed by atoms with van der Waals surface area (Å²) in [5, 5.41) is 10.7. The Bertz CT molecular complexity index is 976. The number of hydrogen-bond acceptors (Lipinski definition) is 8. The van der Waals surface area contributed by atoms with Crippen molar-refractivity contribution in [3.05, 3.63) is 53.2 Å². The predicted molar refractivity (Wildman–Crippen MR) is 103 cm³/mol. The molecule has 1 amide bonds. The number of piperazine rings is 1. The van der Waals surface area contributed by atoms with Gasteiger partial charge in [0.25, 0.3) is 11.8 Å². The summed E-state index contributed by atoms with van der Waals surface area (Å²) in [4.78, 5) is 27.7. The summed E-state index contributed by atoms with van der Waals surface area (Å²) in [6.45, 7) is 2.52. The van der Waals surface area contributed by atoms with E-state index in [4.69, 9.17) is 16.1 Å². The first-order valence-electron chi connectivity index (χ1n) is 8.74. The normalized spacial score (nSPS) is 17.4. The minimum atomic E-state index is -0.429. The Labute approximate surface area is 166 Å². The van der Waals surface area contributed by atoms with Crippen molar-refractivity contribution >= 4 is 23.2 Å². The first-order chi connectivity index (χ1) is 13.6. The lowest BCUT2D eigenvalue weighted by Gasteiger charge is -2.30. The molecule has 0 radical (unpaired) electrons. The summed E-state index contributed by atoms with van der Waals surface area (Å²) < 4.78 is 5.39. The summed E-state index contributed by atoms with van der Waals surface area (Å²) in [7, 11) is 2.01. The molecular formula is C18H18ClN7O2. The number of amides is 1. The molecule has 28 heavy (non-hydrogen) atoms. The second-order valence-electron chi connectivity index (χ2n) is 6.37. The molecule has 0 aliphatic carbocycles. The van der Waals surface area contributed by atoms with Crippen molar-refractivity contribution in [3.63, 3.8) is 0 Å². The molecule has 1 fully saturated rings. The van der Waals surface area contributed by atoms with Crippen molar-refractivity contribution in [3.8, 4) is 11.6 Å². The van der Waals surface area contributed by atoms with Gasteiger partial charge in [-0.2, -0.15) is 4.98 Å². The lowest BCUT2D eigenvalue weighted by atomic mass is 10.2. The molecule has 3 aromatic rings. The van der Waals surface area contributed by atoms with E-state index in [0.717, 1.165) is 19.6 Å². The van der Waals surface area contributed by atoms with Crippen LogP contribution in [0.4, 0.5) is 5.69 Å². The number of anilines is 1. The Morgan fingerprint density at radius 3 is 2.86 bits per heavy atom. The van der Waals surface area contributed by atoms with E-state index in [1.807, 2.05) is 7.05 Å². The van der Waals surface area contributed by atoms with Gasteiger partial charge in [-0.1, -0.05) is 16.8 Å². The van der Waals surface area contributed by atoms with Crippen molar-refractivity contribution in [1.29, 1.82) is 0 Å². The zero-order valence-corrected chi connectivity index (χ0v) is 15.8. The zero-order chi connectivity index (χ0) is 19.5. The molecule has 2 aromatic heterocycles. The van der Waals surface area contributed by atoms with Gasteiger partial charge in [0.1, 0.15) is 0 Å². The smallest absolute Gasteiger partial charge is 0.279 e. The Morgan fingerprint density at radius 2 is 2.07 bits per heavy atom. The third-order valence-corrected chi connectivity index (χ3v) is 4.72. The van der Waals surface area contributed by atoms with Crippen LogP contribution < -0.4 is 10.6 Å². The van der Waals surface area contributed by atoms with Crippen LogP contribution in [0.1, 0.15) is 22.4 Å². The predicted octanol–water partition coefficient (Wildman–Crippen LogP) is 2.01. The summed E-state index contributed by atoms with van der Waals surface area (Å²) in [5.74, 6) is 0.268. The van der Waals surface area contributed by atoms with E-state index in [1.165, 1.54) is 12.4 Å². The second-order valence-corrected chi connectivity index (χ2v) is 6.81. The van der Waals surface area contributed by atoms with Gasteiger partial charge in [-0.05, 0) is 31.3 Å². The van der Waals surface area contributed by atoms with Crippen molar-refractivity contribution in [2.45, 2.75) is 6.04 Å². The number of benzene rings is 1. The Kier molecular flexibility index (Phi) is 5.29. The van der Waals surface area contributed by atoms with Gasteiger partial charge in [0.2, 0.25) is 0 Å². The van der Waals surface area contributed by atoms with Gasteiger partial charge in [-0.3, -0.25) is 9.69 Å².